The highest BCUT2D eigenvalue weighted by Gasteiger charge is 1.82. The normalized spacial score (nSPS) is 8.14. The number of nitrogens with one attached hydrogen (secondary N) is 2. The first-order valence-corrected chi connectivity index (χ1v) is 1.95. The summed E-state index contributed by atoms with van der Waals surface area (Å²) in [5.41, 5.74) is 4.69. The van der Waals surface area contributed by atoms with E-state index in [-0.39, 0.29) is 0 Å². The molecule has 0 spiro atoms. The van der Waals surface area contributed by atoms with Crippen LogP contribution in [0.1, 0.15) is 0 Å². The van der Waals surface area contributed by atoms with Gasteiger partial charge in [0, 0.05) is 0 Å². The molecule has 7 heavy (non-hydrogen) atoms. The Balaban J connectivity index is 2.82. The van der Waals surface area contributed by atoms with Crippen molar-refractivity contribution in [3.8, 4) is 0 Å². The van der Waals surface area contributed by atoms with Crippen LogP contribution < -0.4 is 16.4 Å². The Hall–Kier alpha value is -0.770. The van der Waals surface area contributed by atoms with E-state index < -0.39 is 6.03 Å². The number of rotatable bonds is 2. The summed E-state index contributed by atoms with van der Waals surface area (Å²) in [6.07, 6.45) is 0. The lowest BCUT2D eigenvalue weighted by Crippen LogP contribution is -2.35. The summed E-state index contributed by atoms with van der Waals surface area (Å²) in [5.74, 6) is 0. The third-order valence-corrected chi connectivity index (χ3v) is 0.439. The van der Waals surface area contributed by atoms with Gasteiger partial charge in [0.2, 0.25) is 0 Å². The molecule has 0 bridgehead atoms. The number of hydrogen-bond acceptors (Lipinski definition) is 2. The zero-order chi connectivity index (χ0) is 5.70. The van der Waals surface area contributed by atoms with Crippen molar-refractivity contribution in [3.05, 3.63) is 0 Å². The highest BCUT2D eigenvalue weighted by molar-refractivity contribution is 5.71. The van der Waals surface area contributed by atoms with Crippen LogP contribution in [0.5, 0.6) is 0 Å². The average molecular weight is 103 g/mol. The van der Waals surface area contributed by atoms with Crippen molar-refractivity contribution in [1.29, 1.82) is 0 Å². The standard InChI is InChI=1S/C3H9N3O/c1-5-2-6-3(4)7/h5H,2H2,1H3,(H3,4,6,7). The molecular weight excluding hydrogens is 94.1 g/mol. The highest BCUT2D eigenvalue weighted by Crippen LogP contribution is 1.47. The summed E-state index contributed by atoms with van der Waals surface area (Å²) in [6.45, 7) is 0.426. The van der Waals surface area contributed by atoms with Crippen LogP contribution in [-0.2, 0) is 0 Å². The number of primary amides is 1. The Labute approximate surface area is 42.1 Å². The predicted octanol–water partition coefficient (Wildman–Crippen LogP) is -1.17. The minimum Gasteiger partial charge on any atom is -0.352 e. The van der Waals surface area contributed by atoms with Gasteiger partial charge in [-0.25, -0.2) is 4.79 Å². The van der Waals surface area contributed by atoms with Crippen molar-refractivity contribution < 1.29 is 4.79 Å². The monoisotopic (exact) mass is 103 g/mol. The number of nitrogens with two attached hydrogens (primary N) is 1. The first-order valence-electron chi connectivity index (χ1n) is 1.95. The smallest absolute Gasteiger partial charge is 0.313 e. The summed E-state index contributed by atoms with van der Waals surface area (Å²) < 4.78 is 0. The van der Waals surface area contributed by atoms with E-state index in [1.165, 1.54) is 0 Å². The Bertz CT molecular complexity index is 63.2. The van der Waals surface area contributed by atoms with Crippen LogP contribution in [-0.4, -0.2) is 19.7 Å². The molecule has 2 amide bonds. The highest BCUT2D eigenvalue weighted by atomic mass is 16.2. The predicted molar refractivity (Wildman–Crippen MR) is 26.6 cm³/mol. The molecule has 0 aliphatic heterocycles. The summed E-state index contributed by atoms with van der Waals surface area (Å²) in [4.78, 5) is 9.83. The number of urea groups is 1. The van der Waals surface area contributed by atoms with E-state index in [1.807, 2.05) is 0 Å². The number of hydrogen-bond donors (Lipinski definition) is 3. The van der Waals surface area contributed by atoms with Gasteiger partial charge in [0.05, 0.1) is 6.67 Å². The number of amides is 2. The van der Waals surface area contributed by atoms with E-state index in [0.717, 1.165) is 0 Å². The van der Waals surface area contributed by atoms with Crippen molar-refractivity contribution >= 4 is 6.03 Å². The van der Waals surface area contributed by atoms with Crippen LogP contribution in [0.4, 0.5) is 4.79 Å². The lowest BCUT2D eigenvalue weighted by atomic mass is 10.9. The second kappa shape index (κ2) is 3.42. The topological polar surface area (TPSA) is 67.2 Å². The Morgan fingerprint density at radius 2 is 2.43 bits per heavy atom. The summed E-state index contributed by atoms with van der Waals surface area (Å²) >= 11 is 0. The van der Waals surface area contributed by atoms with Crippen LogP contribution in [0.2, 0.25) is 0 Å². The second-order valence-electron chi connectivity index (χ2n) is 1.07. The van der Waals surface area contributed by atoms with Crippen LogP contribution in [0.25, 0.3) is 0 Å². The molecule has 0 aromatic heterocycles. The fourth-order valence-corrected chi connectivity index (χ4v) is 0.176. The molecule has 4 heteroatoms. The maximum Gasteiger partial charge on any atom is 0.313 e. The van der Waals surface area contributed by atoms with Crippen LogP contribution in [0, 0.1) is 0 Å². The molecule has 0 rings (SSSR count). The van der Waals surface area contributed by atoms with E-state index >= 15 is 0 Å². The molecule has 42 valence electrons. The van der Waals surface area contributed by atoms with Gasteiger partial charge >= 0.3 is 6.03 Å². The van der Waals surface area contributed by atoms with Gasteiger partial charge in [-0.2, -0.15) is 0 Å². The van der Waals surface area contributed by atoms with Crippen LogP contribution >= 0.6 is 0 Å². The zero-order valence-electron chi connectivity index (χ0n) is 4.19. The van der Waals surface area contributed by atoms with E-state index in [9.17, 15) is 4.79 Å². The molecule has 0 atom stereocenters. The fraction of sp³-hybridized carbons (Fsp3) is 0.667. The zero-order valence-corrected chi connectivity index (χ0v) is 4.19. The first kappa shape index (κ1) is 6.23. The molecule has 4 nitrogen and oxygen atoms in total. The minimum absolute atomic E-state index is 0.426. The molecule has 0 aliphatic rings. The van der Waals surface area contributed by atoms with Gasteiger partial charge in [0.25, 0.3) is 0 Å². The molecule has 0 aliphatic carbocycles. The third-order valence-electron chi connectivity index (χ3n) is 0.439. The van der Waals surface area contributed by atoms with Crippen LogP contribution in [0.15, 0.2) is 0 Å². The van der Waals surface area contributed by atoms with E-state index in [4.69, 9.17) is 0 Å². The van der Waals surface area contributed by atoms with E-state index in [0.29, 0.717) is 6.67 Å². The van der Waals surface area contributed by atoms with Gasteiger partial charge in [-0.1, -0.05) is 0 Å². The van der Waals surface area contributed by atoms with Crippen LogP contribution in [0.3, 0.4) is 0 Å². The molecule has 0 unspecified atom stereocenters. The molecule has 4 N–H and O–H groups in total. The Morgan fingerprint density at radius 1 is 1.86 bits per heavy atom. The molecule has 0 saturated heterocycles. The first-order chi connectivity index (χ1) is 3.27. The van der Waals surface area contributed by atoms with Crippen molar-refractivity contribution in [1.82, 2.24) is 10.6 Å². The quantitative estimate of drug-likeness (QED) is 0.385. The molecule has 0 heterocycles. The summed E-state index contributed by atoms with van der Waals surface area (Å²) in [6, 6.07) is -0.505. The SMILES string of the molecule is CNCNC(N)=O. The molecule has 0 radical (unpaired) electrons. The van der Waals surface area contributed by atoms with Gasteiger partial charge in [-0.05, 0) is 7.05 Å². The van der Waals surface area contributed by atoms with Crippen molar-refractivity contribution in [2.45, 2.75) is 0 Å². The van der Waals surface area contributed by atoms with Gasteiger partial charge < -0.3 is 16.4 Å². The van der Waals surface area contributed by atoms with E-state index in [1.54, 1.807) is 7.05 Å². The third kappa shape index (κ3) is 5.23. The molecular formula is C3H9N3O. The molecule has 0 saturated carbocycles. The Kier molecular flexibility index (Phi) is 3.04. The van der Waals surface area contributed by atoms with Gasteiger partial charge in [0.1, 0.15) is 0 Å². The fourth-order valence-electron chi connectivity index (χ4n) is 0.176. The lowest BCUT2D eigenvalue weighted by Gasteiger charge is -1.95. The molecule has 0 fully saturated rings. The minimum atomic E-state index is -0.505. The summed E-state index contributed by atoms with van der Waals surface area (Å²) in [7, 11) is 1.72. The molecule has 0 aromatic rings. The number of carbonyl (C=O) groups excluding carboxylic acids is 1. The molecule has 0 aromatic carbocycles. The Morgan fingerprint density at radius 3 is 2.57 bits per heavy atom. The summed E-state index contributed by atoms with van der Waals surface area (Å²) in [5, 5.41) is 5.01. The average Bonchev–Trinajstić information content (AvgIpc) is 1.61. The maximum atomic E-state index is 9.83. The van der Waals surface area contributed by atoms with Gasteiger partial charge in [0.15, 0.2) is 0 Å². The van der Waals surface area contributed by atoms with Crippen molar-refractivity contribution in [2.75, 3.05) is 13.7 Å². The largest absolute Gasteiger partial charge is 0.352 e. The van der Waals surface area contributed by atoms with Gasteiger partial charge in [-0.15, -0.1) is 0 Å². The second-order valence-corrected chi connectivity index (χ2v) is 1.07. The number of carbonyl (C=O) groups is 1. The van der Waals surface area contributed by atoms with Crippen molar-refractivity contribution in [2.24, 2.45) is 5.73 Å². The van der Waals surface area contributed by atoms with E-state index in [2.05, 4.69) is 16.4 Å². The maximum absolute atomic E-state index is 9.83. The van der Waals surface area contributed by atoms with Crippen molar-refractivity contribution in [3.63, 3.8) is 0 Å². The van der Waals surface area contributed by atoms with Gasteiger partial charge in [-0.3, -0.25) is 0 Å². The lowest BCUT2D eigenvalue weighted by molar-refractivity contribution is 0.248.